The summed E-state index contributed by atoms with van der Waals surface area (Å²) < 4.78 is 5.45. The number of carbonyl (C=O) groups excluding carboxylic acids is 1. The highest BCUT2D eigenvalue weighted by atomic mass is 16.3. The van der Waals surface area contributed by atoms with Gasteiger partial charge in [-0.1, -0.05) is 18.2 Å². The van der Waals surface area contributed by atoms with Gasteiger partial charge in [-0.3, -0.25) is 0 Å². The first kappa shape index (κ1) is 14.7. The predicted octanol–water partition coefficient (Wildman–Crippen LogP) is 3.38. The Labute approximate surface area is 130 Å². The zero-order chi connectivity index (χ0) is 15.5. The Bertz CT molecular complexity index is 688. The second-order valence-electron chi connectivity index (χ2n) is 5.93. The molecule has 2 amide bonds. The van der Waals surface area contributed by atoms with Crippen LogP contribution in [0.4, 0.5) is 4.79 Å². The molecule has 0 saturated carbocycles. The quantitative estimate of drug-likeness (QED) is 0.909. The van der Waals surface area contributed by atoms with Crippen LogP contribution < -0.4 is 10.6 Å². The maximum absolute atomic E-state index is 11.9. The predicted molar refractivity (Wildman–Crippen MR) is 85.7 cm³/mol. The van der Waals surface area contributed by atoms with E-state index in [0.29, 0.717) is 13.1 Å². The third kappa shape index (κ3) is 3.32. The van der Waals surface area contributed by atoms with E-state index in [1.54, 1.807) is 0 Å². The molecule has 2 aromatic rings. The normalized spacial score (nSPS) is 13.0. The highest BCUT2D eigenvalue weighted by molar-refractivity contribution is 5.73. The number of amides is 2. The SMILES string of the molecule is Cc1cc(CNC(=O)NCc2ccc3c(c2)CCC3)c(C)o1. The Morgan fingerprint density at radius 1 is 1.09 bits per heavy atom. The second-order valence-corrected chi connectivity index (χ2v) is 5.93. The number of benzene rings is 1. The van der Waals surface area contributed by atoms with E-state index in [9.17, 15) is 4.79 Å². The van der Waals surface area contributed by atoms with Crippen LogP contribution >= 0.6 is 0 Å². The van der Waals surface area contributed by atoms with Gasteiger partial charge in [-0.15, -0.1) is 0 Å². The topological polar surface area (TPSA) is 54.3 Å². The Balaban J connectivity index is 1.49. The average Bonchev–Trinajstić information content (AvgIpc) is 3.08. The van der Waals surface area contributed by atoms with Crippen molar-refractivity contribution in [3.8, 4) is 0 Å². The molecule has 0 spiro atoms. The fraction of sp³-hybridized carbons (Fsp3) is 0.389. The molecule has 4 heteroatoms. The van der Waals surface area contributed by atoms with Gasteiger partial charge in [-0.2, -0.15) is 0 Å². The summed E-state index contributed by atoms with van der Waals surface area (Å²) >= 11 is 0. The summed E-state index contributed by atoms with van der Waals surface area (Å²) in [6.45, 7) is 4.86. The van der Waals surface area contributed by atoms with Gasteiger partial charge in [-0.05, 0) is 55.9 Å². The highest BCUT2D eigenvalue weighted by Gasteiger charge is 2.11. The Hall–Kier alpha value is -2.23. The maximum atomic E-state index is 11.9. The molecule has 0 aliphatic heterocycles. The summed E-state index contributed by atoms with van der Waals surface area (Å²) in [5, 5.41) is 5.77. The van der Waals surface area contributed by atoms with Crippen molar-refractivity contribution >= 4 is 6.03 Å². The van der Waals surface area contributed by atoms with Crippen molar-refractivity contribution in [1.29, 1.82) is 0 Å². The van der Waals surface area contributed by atoms with Crippen LogP contribution in [0.15, 0.2) is 28.7 Å². The van der Waals surface area contributed by atoms with Crippen LogP contribution in [0.5, 0.6) is 0 Å². The molecule has 1 aromatic carbocycles. The van der Waals surface area contributed by atoms with E-state index >= 15 is 0 Å². The van der Waals surface area contributed by atoms with Gasteiger partial charge in [0.05, 0.1) is 0 Å². The van der Waals surface area contributed by atoms with E-state index in [4.69, 9.17) is 4.42 Å². The van der Waals surface area contributed by atoms with Gasteiger partial charge in [0.1, 0.15) is 11.5 Å². The van der Waals surface area contributed by atoms with Gasteiger partial charge >= 0.3 is 6.03 Å². The molecule has 4 nitrogen and oxygen atoms in total. The molecule has 3 rings (SSSR count). The standard InChI is InChI=1S/C18H22N2O2/c1-12-8-17(13(2)22-12)11-20-18(21)19-10-14-6-7-15-4-3-5-16(15)9-14/h6-9H,3-5,10-11H2,1-2H3,(H2,19,20,21). The molecule has 0 saturated heterocycles. The summed E-state index contributed by atoms with van der Waals surface area (Å²) in [5.41, 5.74) is 5.07. The molecule has 0 atom stereocenters. The van der Waals surface area contributed by atoms with Gasteiger partial charge in [-0.25, -0.2) is 4.79 Å². The van der Waals surface area contributed by atoms with E-state index in [0.717, 1.165) is 29.1 Å². The van der Waals surface area contributed by atoms with Crippen LogP contribution in [0.2, 0.25) is 0 Å². The molecule has 1 aromatic heterocycles. The van der Waals surface area contributed by atoms with Crippen molar-refractivity contribution in [2.75, 3.05) is 0 Å². The lowest BCUT2D eigenvalue weighted by Crippen LogP contribution is -2.34. The van der Waals surface area contributed by atoms with Crippen molar-refractivity contribution < 1.29 is 9.21 Å². The lowest BCUT2D eigenvalue weighted by molar-refractivity contribution is 0.240. The number of furan rings is 1. The number of hydrogen-bond acceptors (Lipinski definition) is 2. The molecule has 0 radical (unpaired) electrons. The van der Waals surface area contributed by atoms with Crippen molar-refractivity contribution in [2.24, 2.45) is 0 Å². The fourth-order valence-corrected chi connectivity index (χ4v) is 3.01. The van der Waals surface area contributed by atoms with Gasteiger partial charge in [0.2, 0.25) is 0 Å². The van der Waals surface area contributed by atoms with E-state index in [1.165, 1.54) is 24.0 Å². The zero-order valence-corrected chi connectivity index (χ0v) is 13.2. The number of aryl methyl sites for hydroxylation is 4. The van der Waals surface area contributed by atoms with Crippen molar-refractivity contribution in [3.63, 3.8) is 0 Å². The molecular weight excluding hydrogens is 276 g/mol. The van der Waals surface area contributed by atoms with Crippen LogP contribution in [0.25, 0.3) is 0 Å². The number of fused-ring (bicyclic) bond motifs is 1. The molecule has 0 bridgehead atoms. The molecule has 1 aliphatic carbocycles. The highest BCUT2D eigenvalue weighted by Crippen LogP contribution is 2.22. The van der Waals surface area contributed by atoms with Gasteiger partial charge in [0, 0.05) is 18.7 Å². The summed E-state index contributed by atoms with van der Waals surface area (Å²) in [5.74, 6) is 1.73. The summed E-state index contributed by atoms with van der Waals surface area (Å²) in [6.07, 6.45) is 3.59. The number of carbonyl (C=O) groups is 1. The Morgan fingerprint density at radius 2 is 1.86 bits per heavy atom. The molecule has 1 aliphatic rings. The molecule has 116 valence electrons. The van der Waals surface area contributed by atoms with E-state index in [1.807, 2.05) is 19.9 Å². The minimum atomic E-state index is -0.154. The maximum Gasteiger partial charge on any atom is 0.315 e. The summed E-state index contributed by atoms with van der Waals surface area (Å²) in [4.78, 5) is 11.9. The number of hydrogen-bond donors (Lipinski definition) is 2. The number of urea groups is 1. The van der Waals surface area contributed by atoms with Crippen LogP contribution in [0.1, 0.15) is 40.2 Å². The van der Waals surface area contributed by atoms with Crippen LogP contribution in [-0.4, -0.2) is 6.03 Å². The lowest BCUT2D eigenvalue weighted by Gasteiger charge is -2.08. The molecule has 1 heterocycles. The minimum absolute atomic E-state index is 0.154. The molecule has 2 N–H and O–H groups in total. The van der Waals surface area contributed by atoms with E-state index in [-0.39, 0.29) is 6.03 Å². The van der Waals surface area contributed by atoms with Gasteiger partial charge in [0.15, 0.2) is 0 Å². The Kier molecular flexibility index (Phi) is 4.18. The largest absolute Gasteiger partial charge is 0.466 e. The van der Waals surface area contributed by atoms with Crippen molar-refractivity contribution in [2.45, 2.75) is 46.2 Å². The summed E-state index contributed by atoms with van der Waals surface area (Å²) in [6, 6.07) is 8.31. The van der Waals surface area contributed by atoms with Crippen LogP contribution in [-0.2, 0) is 25.9 Å². The van der Waals surface area contributed by atoms with Crippen LogP contribution in [0.3, 0.4) is 0 Å². The smallest absolute Gasteiger partial charge is 0.315 e. The lowest BCUT2D eigenvalue weighted by atomic mass is 10.1. The second kappa shape index (κ2) is 6.26. The zero-order valence-electron chi connectivity index (χ0n) is 13.2. The first-order chi connectivity index (χ1) is 10.6. The number of rotatable bonds is 4. The third-order valence-corrected chi connectivity index (χ3v) is 4.20. The van der Waals surface area contributed by atoms with E-state index in [2.05, 4.69) is 28.8 Å². The first-order valence-corrected chi connectivity index (χ1v) is 7.80. The number of nitrogens with one attached hydrogen (secondary N) is 2. The van der Waals surface area contributed by atoms with Gasteiger partial charge in [0.25, 0.3) is 0 Å². The Morgan fingerprint density at radius 3 is 2.64 bits per heavy atom. The fourth-order valence-electron chi connectivity index (χ4n) is 3.01. The minimum Gasteiger partial charge on any atom is -0.466 e. The molecule has 0 fully saturated rings. The van der Waals surface area contributed by atoms with Gasteiger partial charge < -0.3 is 15.1 Å². The van der Waals surface area contributed by atoms with Crippen molar-refractivity contribution in [3.05, 3.63) is 58.0 Å². The van der Waals surface area contributed by atoms with E-state index < -0.39 is 0 Å². The van der Waals surface area contributed by atoms with Crippen LogP contribution in [0, 0.1) is 13.8 Å². The molecule has 0 unspecified atom stereocenters. The molecular formula is C18H22N2O2. The monoisotopic (exact) mass is 298 g/mol. The van der Waals surface area contributed by atoms with Crippen molar-refractivity contribution in [1.82, 2.24) is 10.6 Å². The first-order valence-electron chi connectivity index (χ1n) is 7.80. The third-order valence-electron chi connectivity index (χ3n) is 4.20. The average molecular weight is 298 g/mol. The molecule has 22 heavy (non-hydrogen) atoms. The summed E-state index contributed by atoms with van der Waals surface area (Å²) in [7, 11) is 0.